The third-order valence-electron chi connectivity index (χ3n) is 2.27. The van der Waals surface area contributed by atoms with E-state index in [0.717, 1.165) is 27.2 Å². The van der Waals surface area contributed by atoms with E-state index in [-0.39, 0.29) is 0 Å². The number of hydrogen-bond acceptors (Lipinski definition) is 2. The fourth-order valence-corrected chi connectivity index (χ4v) is 2.89. The van der Waals surface area contributed by atoms with Gasteiger partial charge in [0, 0.05) is 16.0 Å². The summed E-state index contributed by atoms with van der Waals surface area (Å²) in [6, 6.07) is 6.18. The highest BCUT2D eigenvalue weighted by Gasteiger charge is 2.01. The van der Waals surface area contributed by atoms with Gasteiger partial charge in [-0.1, -0.05) is 37.0 Å². The Kier molecular flexibility index (Phi) is 7.36. The van der Waals surface area contributed by atoms with Gasteiger partial charge in [-0.15, -0.1) is 11.8 Å². The molecule has 0 amide bonds. The van der Waals surface area contributed by atoms with E-state index in [1.165, 1.54) is 12.8 Å². The second-order valence-corrected chi connectivity index (χ2v) is 6.22. The molecule has 1 aromatic rings. The van der Waals surface area contributed by atoms with Crippen LogP contribution in [-0.4, -0.2) is 18.3 Å². The van der Waals surface area contributed by atoms with Gasteiger partial charge in [0.2, 0.25) is 0 Å². The van der Waals surface area contributed by atoms with Gasteiger partial charge in [0.1, 0.15) is 0 Å². The molecule has 96 valence electrons. The number of benzene rings is 1. The van der Waals surface area contributed by atoms with Crippen molar-refractivity contribution in [2.75, 3.05) is 12.3 Å². The maximum Gasteiger partial charge on any atom is 0.0542 e. The summed E-state index contributed by atoms with van der Waals surface area (Å²) < 4.78 is 0. The van der Waals surface area contributed by atoms with Crippen molar-refractivity contribution in [3.8, 4) is 0 Å². The summed E-state index contributed by atoms with van der Waals surface area (Å²) in [7, 11) is 0. The van der Waals surface area contributed by atoms with E-state index < -0.39 is 0 Å². The first-order chi connectivity index (χ1) is 8.09. The number of halogens is 2. The molecule has 1 aromatic carbocycles. The first-order valence-electron chi connectivity index (χ1n) is 5.91. The fourth-order valence-electron chi connectivity index (χ4n) is 1.39. The zero-order valence-electron chi connectivity index (χ0n) is 10.3. The minimum Gasteiger partial charge on any atom is -0.315 e. The van der Waals surface area contributed by atoms with Crippen molar-refractivity contribution < 1.29 is 0 Å². The van der Waals surface area contributed by atoms with E-state index in [0.29, 0.717) is 6.04 Å². The van der Waals surface area contributed by atoms with Crippen molar-refractivity contribution >= 4 is 35.0 Å². The molecule has 0 bridgehead atoms. The van der Waals surface area contributed by atoms with Crippen molar-refractivity contribution in [2.24, 2.45) is 0 Å². The molecule has 0 aromatic heterocycles. The van der Waals surface area contributed by atoms with Crippen LogP contribution in [0.2, 0.25) is 10.0 Å². The highest BCUT2D eigenvalue weighted by Crippen LogP contribution is 2.30. The molecule has 0 aliphatic rings. The van der Waals surface area contributed by atoms with E-state index in [9.17, 15) is 0 Å². The Hall–Kier alpha value is 0.110. The summed E-state index contributed by atoms with van der Waals surface area (Å²) in [5.41, 5.74) is 0. The molecule has 0 aliphatic heterocycles. The third-order valence-corrected chi connectivity index (χ3v) is 4.09. The Morgan fingerprint density at radius 1 is 1.24 bits per heavy atom. The predicted molar refractivity (Wildman–Crippen MR) is 79.6 cm³/mol. The van der Waals surface area contributed by atoms with Crippen LogP contribution in [0.4, 0.5) is 0 Å². The summed E-state index contributed by atoms with van der Waals surface area (Å²) in [4.78, 5) is 1.08. The topological polar surface area (TPSA) is 12.0 Å². The molecular formula is C13H19Cl2NS. The van der Waals surface area contributed by atoms with Crippen LogP contribution in [-0.2, 0) is 0 Å². The van der Waals surface area contributed by atoms with Crippen LogP contribution in [0.25, 0.3) is 0 Å². The molecule has 0 saturated heterocycles. The van der Waals surface area contributed by atoms with Gasteiger partial charge < -0.3 is 5.32 Å². The number of thioether (sulfide) groups is 1. The van der Waals surface area contributed by atoms with Crippen molar-refractivity contribution in [2.45, 2.75) is 37.6 Å². The van der Waals surface area contributed by atoms with E-state index in [4.69, 9.17) is 23.2 Å². The molecule has 1 N–H and O–H groups in total. The maximum atomic E-state index is 6.09. The van der Waals surface area contributed by atoms with Crippen LogP contribution < -0.4 is 5.32 Å². The molecule has 0 spiro atoms. The van der Waals surface area contributed by atoms with Gasteiger partial charge in [0.15, 0.2) is 0 Å². The van der Waals surface area contributed by atoms with Crippen LogP contribution in [0.5, 0.6) is 0 Å². The molecular weight excluding hydrogens is 273 g/mol. The highest BCUT2D eigenvalue weighted by molar-refractivity contribution is 7.99. The van der Waals surface area contributed by atoms with Crippen LogP contribution >= 0.6 is 35.0 Å². The molecule has 1 nitrogen and oxygen atoms in total. The Morgan fingerprint density at radius 2 is 2.00 bits per heavy atom. The van der Waals surface area contributed by atoms with Crippen LogP contribution in [0.1, 0.15) is 26.7 Å². The van der Waals surface area contributed by atoms with Crippen molar-refractivity contribution in [1.29, 1.82) is 0 Å². The minimum atomic E-state index is 0.574. The summed E-state index contributed by atoms with van der Waals surface area (Å²) >= 11 is 13.8. The molecule has 0 heterocycles. The van der Waals surface area contributed by atoms with E-state index in [2.05, 4.69) is 19.2 Å². The monoisotopic (exact) mass is 291 g/mol. The second-order valence-electron chi connectivity index (χ2n) is 4.24. The van der Waals surface area contributed by atoms with Gasteiger partial charge in [-0.2, -0.15) is 0 Å². The van der Waals surface area contributed by atoms with Gasteiger partial charge in [-0.3, -0.25) is 0 Å². The zero-order chi connectivity index (χ0) is 12.7. The maximum absolute atomic E-state index is 6.09. The summed E-state index contributed by atoms with van der Waals surface area (Å²) in [5.74, 6) is 1.08. The van der Waals surface area contributed by atoms with Gasteiger partial charge in [0.05, 0.1) is 5.02 Å². The van der Waals surface area contributed by atoms with Gasteiger partial charge in [0.25, 0.3) is 0 Å². The average Bonchev–Trinajstić information content (AvgIpc) is 2.27. The van der Waals surface area contributed by atoms with Crippen LogP contribution in [0, 0.1) is 0 Å². The Balaban J connectivity index is 2.20. The van der Waals surface area contributed by atoms with Crippen molar-refractivity contribution in [1.82, 2.24) is 5.32 Å². The summed E-state index contributed by atoms with van der Waals surface area (Å²) in [6.45, 7) is 5.42. The Bertz CT molecular complexity index is 342. The summed E-state index contributed by atoms with van der Waals surface area (Å²) in [6.07, 6.45) is 2.39. The van der Waals surface area contributed by atoms with Crippen LogP contribution in [0.15, 0.2) is 23.1 Å². The third kappa shape index (κ3) is 6.56. The molecule has 0 unspecified atom stereocenters. The molecule has 0 fully saturated rings. The zero-order valence-corrected chi connectivity index (χ0v) is 12.6. The lowest BCUT2D eigenvalue weighted by Crippen LogP contribution is -2.23. The standard InChI is InChI=1S/C13H19Cl2NS/c1-10(2)16-7-3-4-8-17-13-9-11(14)5-6-12(13)15/h5-6,9-10,16H,3-4,7-8H2,1-2H3. The molecule has 0 aliphatic carbocycles. The lowest BCUT2D eigenvalue weighted by atomic mass is 10.3. The Labute approximate surface area is 118 Å². The van der Waals surface area contributed by atoms with E-state index in [1.807, 2.05) is 18.2 Å². The van der Waals surface area contributed by atoms with E-state index in [1.54, 1.807) is 11.8 Å². The van der Waals surface area contributed by atoms with Crippen molar-refractivity contribution in [3.05, 3.63) is 28.2 Å². The number of nitrogens with one attached hydrogen (secondary N) is 1. The van der Waals surface area contributed by atoms with Crippen LogP contribution in [0.3, 0.4) is 0 Å². The molecule has 1 rings (SSSR count). The molecule has 17 heavy (non-hydrogen) atoms. The van der Waals surface area contributed by atoms with Gasteiger partial charge >= 0.3 is 0 Å². The first-order valence-corrected chi connectivity index (χ1v) is 7.65. The highest BCUT2D eigenvalue weighted by atomic mass is 35.5. The number of rotatable bonds is 7. The average molecular weight is 292 g/mol. The smallest absolute Gasteiger partial charge is 0.0542 e. The lowest BCUT2D eigenvalue weighted by molar-refractivity contribution is 0.567. The number of unbranched alkanes of at least 4 members (excludes halogenated alkanes) is 1. The van der Waals surface area contributed by atoms with Gasteiger partial charge in [-0.05, 0) is 43.3 Å². The number of hydrogen-bond donors (Lipinski definition) is 1. The van der Waals surface area contributed by atoms with E-state index >= 15 is 0 Å². The molecule has 0 saturated carbocycles. The van der Waals surface area contributed by atoms with Crippen molar-refractivity contribution in [3.63, 3.8) is 0 Å². The quantitative estimate of drug-likeness (QED) is 0.568. The lowest BCUT2D eigenvalue weighted by Gasteiger charge is -2.08. The Morgan fingerprint density at radius 3 is 2.71 bits per heavy atom. The molecule has 0 atom stereocenters. The van der Waals surface area contributed by atoms with Gasteiger partial charge in [-0.25, -0.2) is 0 Å². The molecule has 4 heteroatoms. The predicted octanol–water partition coefficient (Wildman–Crippen LogP) is 4.86. The fraction of sp³-hybridized carbons (Fsp3) is 0.538. The largest absolute Gasteiger partial charge is 0.315 e. The second kappa shape index (κ2) is 8.25. The SMILES string of the molecule is CC(C)NCCCCSc1cc(Cl)ccc1Cl. The summed E-state index contributed by atoms with van der Waals surface area (Å²) in [5, 5.41) is 4.95. The minimum absolute atomic E-state index is 0.574. The molecule has 0 radical (unpaired) electrons. The first kappa shape index (κ1) is 15.2. The normalized spacial score (nSPS) is 11.1.